The first kappa shape index (κ1) is 13.0. The molecule has 0 bridgehead atoms. The van der Waals surface area contributed by atoms with E-state index in [0.29, 0.717) is 22.1 Å². The van der Waals surface area contributed by atoms with E-state index in [0.717, 1.165) is 16.5 Å². The number of nitrogens with zero attached hydrogens (tertiary/aromatic N) is 1. The van der Waals surface area contributed by atoms with Crippen molar-refractivity contribution in [3.8, 4) is 16.9 Å². The van der Waals surface area contributed by atoms with E-state index >= 15 is 0 Å². The fraction of sp³-hybridized carbons (Fsp3) is 0. The zero-order chi connectivity index (χ0) is 16.3. The highest BCUT2D eigenvalue weighted by atomic mass is 16.4. The Bertz CT molecular complexity index is 1280. The van der Waals surface area contributed by atoms with Gasteiger partial charge >= 0.3 is 0 Å². The van der Waals surface area contributed by atoms with Crippen LogP contribution in [0.2, 0.25) is 0 Å². The summed E-state index contributed by atoms with van der Waals surface area (Å²) in [6.45, 7) is 0. The number of hydrogen-bond acceptors (Lipinski definition) is 4. The third kappa shape index (κ3) is 1.59. The number of phenolic OH excluding ortho intramolecular Hbond substituents is 1. The number of phenols is 1. The van der Waals surface area contributed by atoms with Crippen molar-refractivity contribution >= 4 is 33.1 Å². The molecule has 24 heavy (non-hydrogen) atoms. The molecule has 0 radical (unpaired) electrons. The lowest BCUT2D eigenvalue weighted by Crippen LogP contribution is -1.95. The van der Waals surface area contributed by atoms with Crippen LogP contribution in [0, 0.1) is 0 Å². The molecule has 116 valence electrons. The van der Waals surface area contributed by atoms with E-state index in [2.05, 4.69) is 15.2 Å². The maximum atomic E-state index is 11.7. The number of H-pyrrole nitrogens is 2. The highest BCUT2D eigenvalue weighted by Crippen LogP contribution is 2.39. The summed E-state index contributed by atoms with van der Waals surface area (Å²) in [5.41, 5.74) is 3.33. The molecule has 3 N–H and O–H groups in total. The maximum Gasteiger partial charge on any atom is 0.224 e. The number of rotatable bonds is 1. The number of nitrogens with one attached hydrogen (secondary N) is 2. The van der Waals surface area contributed by atoms with Gasteiger partial charge in [0.25, 0.3) is 0 Å². The van der Waals surface area contributed by atoms with Crippen LogP contribution < -0.4 is 5.43 Å². The molecule has 0 atom stereocenters. The first-order chi connectivity index (χ1) is 11.7. The summed E-state index contributed by atoms with van der Waals surface area (Å²) in [4.78, 5) is 16.3. The third-order valence-corrected chi connectivity index (χ3v) is 4.21. The number of fused-ring (bicyclic) bond motifs is 4. The Morgan fingerprint density at radius 3 is 2.67 bits per heavy atom. The van der Waals surface area contributed by atoms with Gasteiger partial charge in [0.1, 0.15) is 5.52 Å². The highest BCUT2D eigenvalue weighted by Gasteiger charge is 2.20. The quantitative estimate of drug-likeness (QED) is 0.441. The predicted octanol–water partition coefficient (Wildman–Crippen LogP) is 3.52. The zero-order valence-electron chi connectivity index (χ0n) is 12.3. The lowest BCUT2D eigenvalue weighted by Gasteiger charge is -2.04. The van der Waals surface area contributed by atoms with Crippen molar-refractivity contribution in [1.82, 2.24) is 15.2 Å². The molecular weight excluding hydrogens is 306 g/mol. The predicted molar refractivity (Wildman–Crippen MR) is 91.1 cm³/mol. The van der Waals surface area contributed by atoms with E-state index in [1.807, 2.05) is 36.5 Å². The minimum atomic E-state index is -0.471. The van der Waals surface area contributed by atoms with Gasteiger partial charge in [0.15, 0.2) is 16.8 Å². The first-order valence-electron chi connectivity index (χ1n) is 7.43. The monoisotopic (exact) mass is 317 g/mol. The Kier molecular flexibility index (Phi) is 2.42. The van der Waals surface area contributed by atoms with Crippen molar-refractivity contribution in [3.05, 3.63) is 58.9 Å². The molecular formula is C18H11N3O3. The lowest BCUT2D eigenvalue weighted by molar-refractivity contribution is 0.464. The molecule has 2 aromatic carbocycles. The van der Waals surface area contributed by atoms with Crippen LogP contribution in [0.5, 0.6) is 5.75 Å². The van der Waals surface area contributed by atoms with Crippen molar-refractivity contribution in [2.45, 2.75) is 0 Å². The topological polar surface area (TPSA) is 94.9 Å². The number of aromatic amines is 2. The summed E-state index contributed by atoms with van der Waals surface area (Å²) in [6, 6.07) is 12.7. The fourth-order valence-corrected chi connectivity index (χ4v) is 3.11. The van der Waals surface area contributed by atoms with Gasteiger partial charge in [-0.1, -0.05) is 30.3 Å². The highest BCUT2D eigenvalue weighted by molar-refractivity contribution is 6.15. The van der Waals surface area contributed by atoms with Crippen molar-refractivity contribution in [2.75, 3.05) is 0 Å². The Labute approximate surface area is 134 Å². The third-order valence-electron chi connectivity index (χ3n) is 4.21. The van der Waals surface area contributed by atoms with E-state index in [4.69, 9.17) is 4.42 Å². The smallest absolute Gasteiger partial charge is 0.224 e. The van der Waals surface area contributed by atoms with Crippen LogP contribution >= 0.6 is 0 Å². The Morgan fingerprint density at radius 2 is 1.83 bits per heavy atom. The van der Waals surface area contributed by atoms with E-state index in [-0.39, 0.29) is 11.3 Å². The first-order valence-corrected chi connectivity index (χ1v) is 7.43. The molecule has 0 fully saturated rings. The van der Waals surface area contributed by atoms with Gasteiger partial charge in [-0.2, -0.15) is 0 Å². The minimum Gasteiger partial charge on any atom is -0.502 e. The molecule has 0 amide bonds. The molecule has 5 rings (SSSR count). The number of aromatic hydroxyl groups is 1. The summed E-state index contributed by atoms with van der Waals surface area (Å²) in [5, 5.41) is 17.5. The summed E-state index contributed by atoms with van der Waals surface area (Å²) < 4.78 is 5.89. The number of furan rings is 1. The van der Waals surface area contributed by atoms with E-state index in [9.17, 15) is 9.90 Å². The molecule has 6 heteroatoms. The van der Waals surface area contributed by atoms with Crippen LogP contribution in [-0.4, -0.2) is 20.3 Å². The van der Waals surface area contributed by atoms with Gasteiger partial charge in [-0.05, 0) is 17.7 Å². The summed E-state index contributed by atoms with van der Waals surface area (Å²) in [7, 11) is 0. The van der Waals surface area contributed by atoms with Crippen LogP contribution in [-0.2, 0) is 0 Å². The number of pyridine rings is 1. The fourth-order valence-electron chi connectivity index (χ4n) is 3.11. The standard InChI is InChI=1S/C18H11N3O3/c22-12-7-6-10-14-17(24-16(10)15(12)23)13(9-4-2-1-3-5-9)11-8-19-21-18(11)20-14/h1-8,23H,(H2,19,20,21). The number of aromatic nitrogens is 3. The largest absolute Gasteiger partial charge is 0.502 e. The van der Waals surface area contributed by atoms with Crippen LogP contribution in [0.25, 0.3) is 44.2 Å². The molecule has 0 unspecified atom stereocenters. The molecule has 0 saturated carbocycles. The number of benzene rings is 2. The second-order valence-electron chi connectivity index (χ2n) is 5.60. The van der Waals surface area contributed by atoms with Crippen LogP contribution in [0.4, 0.5) is 0 Å². The second kappa shape index (κ2) is 4.48. The van der Waals surface area contributed by atoms with Gasteiger partial charge in [0.2, 0.25) is 11.2 Å². The van der Waals surface area contributed by atoms with E-state index < -0.39 is 5.43 Å². The average Bonchev–Trinajstić information content (AvgIpc) is 3.21. The van der Waals surface area contributed by atoms with Gasteiger partial charge in [-0.15, -0.1) is 0 Å². The summed E-state index contributed by atoms with van der Waals surface area (Å²) in [6.07, 6.45) is 1.82. The SMILES string of the molecule is O=c1ccc2c(oc3c(-c4ccccc4)c4c[nH][nH]c4nc32)c1O. The minimum absolute atomic E-state index is 0.166. The normalized spacial score (nSPS) is 11.7. The molecule has 0 saturated heterocycles. The molecule has 6 nitrogen and oxygen atoms in total. The van der Waals surface area contributed by atoms with Gasteiger partial charge < -0.3 is 14.6 Å². The molecule has 0 aliphatic carbocycles. The Morgan fingerprint density at radius 1 is 1.00 bits per heavy atom. The summed E-state index contributed by atoms with van der Waals surface area (Å²) in [5.74, 6) is -0.389. The Hall–Kier alpha value is -3.54. The average molecular weight is 317 g/mol. The van der Waals surface area contributed by atoms with Crippen molar-refractivity contribution in [3.63, 3.8) is 0 Å². The van der Waals surface area contributed by atoms with Crippen molar-refractivity contribution in [2.24, 2.45) is 0 Å². The zero-order valence-corrected chi connectivity index (χ0v) is 12.3. The van der Waals surface area contributed by atoms with Gasteiger partial charge in [-0.25, -0.2) is 4.98 Å². The van der Waals surface area contributed by atoms with Gasteiger partial charge in [0, 0.05) is 17.1 Å². The molecule has 0 aliphatic heterocycles. The molecule has 3 heterocycles. The second-order valence-corrected chi connectivity index (χ2v) is 5.60. The van der Waals surface area contributed by atoms with E-state index in [1.54, 1.807) is 6.07 Å². The van der Waals surface area contributed by atoms with Gasteiger partial charge in [0.05, 0.1) is 5.39 Å². The summed E-state index contributed by atoms with van der Waals surface area (Å²) >= 11 is 0. The lowest BCUT2D eigenvalue weighted by atomic mass is 10.0. The van der Waals surface area contributed by atoms with Gasteiger partial charge in [-0.3, -0.25) is 9.89 Å². The Balaban J connectivity index is 2.06. The van der Waals surface area contributed by atoms with Crippen LogP contribution in [0.15, 0.2) is 57.9 Å². The van der Waals surface area contributed by atoms with Crippen molar-refractivity contribution < 1.29 is 9.52 Å². The number of hydrogen-bond donors (Lipinski definition) is 3. The van der Waals surface area contributed by atoms with Crippen LogP contribution in [0.3, 0.4) is 0 Å². The molecule has 0 spiro atoms. The molecule has 0 aliphatic rings. The molecule has 5 aromatic rings. The maximum absolute atomic E-state index is 11.7. The van der Waals surface area contributed by atoms with E-state index in [1.165, 1.54) is 6.07 Å². The molecule has 3 aromatic heterocycles. The van der Waals surface area contributed by atoms with Crippen molar-refractivity contribution in [1.29, 1.82) is 0 Å². The van der Waals surface area contributed by atoms with Crippen LogP contribution in [0.1, 0.15) is 0 Å².